The molecule has 3 rings (SSSR count). The molecule has 1 aliphatic rings. The Kier molecular flexibility index (Phi) is 4.82. The monoisotopic (exact) mass is 352 g/mol. The van der Waals surface area contributed by atoms with Gasteiger partial charge in [0, 0.05) is 29.2 Å². The fraction of sp³-hybridized carbons (Fsp3) is 0.438. The summed E-state index contributed by atoms with van der Waals surface area (Å²) in [5.41, 5.74) is 0.851. The lowest BCUT2D eigenvalue weighted by Crippen LogP contribution is -2.48. The molecule has 1 saturated carbocycles. The van der Waals surface area contributed by atoms with Gasteiger partial charge in [-0.25, -0.2) is 13.1 Å². The highest BCUT2D eigenvalue weighted by atomic mass is 32.2. The summed E-state index contributed by atoms with van der Waals surface area (Å²) >= 11 is 1.27. The van der Waals surface area contributed by atoms with Crippen LogP contribution in [0, 0.1) is 12.8 Å². The van der Waals surface area contributed by atoms with E-state index in [0.717, 1.165) is 10.6 Å². The van der Waals surface area contributed by atoms with Crippen molar-refractivity contribution in [2.45, 2.75) is 42.5 Å². The second-order valence-electron chi connectivity index (χ2n) is 6.00. The molecule has 0 spiro atoms. The summed E-state index contributed by atoms with van der Waals surface area (Å²) < 4.78 is 28.3. The Labute approximate surface area is 140 Å². The molecule has 0 aromatic carbocycles. The quantitative estimate of drug-likeness (QED) is 0.834. The summed E-state index contributed by atoms with van der Waals surface area (Å²) in [7, 11) is -3.54. The predicted octanol–water partition coefficient (Wildman–Crippen LogP) is 2.11. The van der Waals surface area contributed by atoms with Gasteiger partial charge in [0.25, 0.3) is 0 Å². The van der Waals surface area contributed by atoms with Gasteiger partial charge in [-0.3, -0.25) is 4.98 Å². The number of nitrogens with zero attached hydrogens (tertiary/aromatic N) is 1. The summed E-state index contributed by atoms with van der Waals surface area (Å²) in [6, 6.07) is 8.82. The molecule has 2 N–H and O–H groups in total. The van der Waals surface area contributed by atoms with Gasteiger partial charge in [0.1, 0.15) is 4.21 Å². The minimum absolute atomic E-state index is 0.142. The SMILES string of the molecule is Cc1ccc(S(=O)(=O)N[C@@H](Cc2ccccn2)C2CC(O)C2)s1. The maximum atomic E-state index is 12.6. The second kappa shape index (κ2) is 6.68. The summed E-state index contributed by atoms with van der Waals surface area (Å²) in [6.45, 7) is 1.89. The van der Waals surface area contributed by atoms with E-state index in [9.17, 15) is 13.5 Å². The van der Waals surface area contributed by atoms with Gasteiger partial charge >= 0.3 is 0 Å². The van der Waals surface area contributed by atoms with Crippen LogP contribution in [0.2, 0.25) is 0 Å². The molecule has 1 aliphatic carbocycles. The molecular formula is C16H20N2O3S2. The maximum absolute atomic E-state index is 12.6. The molecule has 124 valence electrons. The summed E-state index contributed by atoms with van der Waals surface area (Å²) in [4.78, 5) is 5.25. The van der Waals surface area contributed by atoms with Crippen molar-refractivity contribution in [1.82, 2.24) is 9.71 Å². The molecule has 0 saturated heterocycles. The number of aliphatic hydroxyl groups is 1. The van der Waals surface area contributed by atoms with Crippen LogP contribution < -0.4 is 4.72 Å². The normalized spacial score (nSPS) is 22.5. The Balaban J connectivity index is 1.78. The number of aryl methyl sites for hydroxylation is 1. The van der Waals surface area contributed by atoms with E-state index in [1.54, 1.807) is 18.3 Å². The van der Waals surface area contributed by atoms with E-state index in [4.69, 9.17) is 0 Å². The highest BCUT2D eigenvalue weighted by Crippen LogP contribution is 2.32. The number of hydrogen-bond acceptors (Lipinski definition) is 5. The van der Waals surface area contributed by atoms with Crippen LogP contribution in [0.1, 0.15) is 23.4 Å². The molecule has 7 heteroatoms. The van der Waals surface area contributed by atoms with Crippen molar-refractivity contribution in [3.05, 3.63) is 47.1 Å². The number of thiophene rings is 1. The van der Waals surface area contributed by atoms with Gasteiger partial charge in [0.05, 0.1) is 6.10 Å². The Bertz CT molecular complexity index is 753. The first-order chi connectivity index (χ1) is 10.9. The van der Waals surface area contributed by atoms with Crippen molar-refractivity contribution in [3.63, 3.8) is 0 Å². The van der Waals surface area contributed by atoms with Crippen LogP contribution >= 0.6 is 11.3 Å². The lowest BCUT2D eigenvalue weighted by atomic mass is 9.76. The Morgan fingerprint density at radius 3 is 2.70 bits per heavy atom. The fourth-order valence-corrected chi connectivity index (χ4v) is 5.43. The molecule has 0 amide bonds. The standard InChI is InChI=1S/C16H20N2O3S2/c1-11-5-6-16(22-11)23(20,21)18-15(12-8-14(19)9-12)10-13-4-2-3-7-17-13/h2-7,12,14-15,18-19H,8-10H2,1H3/t12?,14?,15-/m0/s1. The lowest BCUT2D eigenvalue weighted by molar-refractivity contribution is 0.0282. The molecule has 1 atom stereocenters. The van der Waals surface area contributed by atoms with Crippen molar-refractivity contribution in [3.8, 4) is 0 Å². The van der Waals surface area contributed by atoms with Gasteiger partial charge in [-0.2, -0.15) is 0 Å². The predicted molar refractivity (Wildman–Crippen MR) is 89.8 cm³/mol. The van der Waals surface area contributed by atoms with E-state index in [1.165, 1.54) is 11.3 Å². The van der Waals surface area contributed by atoms with Crippen molar-refractivity contribution in [1.29, 1.82) is 0 Å². The molecule has 23 heavy (non-hydrogen) atoms. The van der Waals surface area contributed by atoms with Crippen molar-refractivity contribution >= 4 is 21.4 Å². The van der Waals surface area contributed by atoms with Crippen molar-refractivity contribution in [2.75, 3.05) is 0 Å². The molecule has 5 nitrogen and oxygen atoms in total. The van der Waals surface area contributed by atoms with Crippen LogP contribution in [0.25, 0.3) is 0 Å². The molecule has 0 bridgehead atoms. The molecule has 0 radical (unpaired) electrons. The van der Waals surface area contributed by atoms with Crippen LogP contribution in [-0.4, -0.2) is 30.7 Å². The number of hydrogen-bond donors (Lipinski definition) is 2. The molecular weight excluding hydrogens is 332 g/mol. The Hall–Kier alpha value is -1.28. The second-order valence-corrected chi connectivity index (χ2v) is 9.23. The largest absolute Gasteiger partial charge is 0.393 e. The first kappa shape index (κ1) is 16.6. The van der Waals surface area contributed by atoms with Crippen LogP contribution in [0.3, 0.4) is 0 Å². The van der Waals surface area contributed by atoms with Crippen LogP contribution in [-0.2, 0) is 16.4 Å². The van der Waals surface area contributed by atoms with Gasteiger partial charge < -0.3 is 5.11 Å². The van der Waals surface area contributed by atoms with Gasteiger partial charge in [-0.1, -0.05) is 6.07 Å². The molecule has 0 aliphatic heterocycles. The average molecular weight is 352 g/mol. The molecule has 1 fully saturated rings. The first-order valence-corrected chi connectivity index (χ1v) is 9.91. The lowest BCUT2D eigenvalue weighted by Gasteiger charge is -2.37. The number of sulfonamides is 1. The van der Waals surface area contributed by atoms with Crippen molar-refractivity contribution < 1.29 is 13.5 Å². The Morgan fingerprint density at radius 1 is 1.35 bits per heavy atom. The summed E-state index contributed by atoms with van der Waals surface area (Å²) in [5.74, 6) is 0.142. The van der Waals surface area contributed by atoms with Crippen LogP contribution in [0.4, 0.5) is 0 Å². The number of aromatic nitrogens is 1. The number of rotatable bonds is 6. The number of aliphatic hydroxyl groups excluding tert-OH is 1. The molecule has 2 heterocycles. The average Bonchev–Trinajstić information content (AvgIpc) is 2.92. The molecule has 2 aromatic rings. The first-order valence-electron chi connectivity index (χ1n) is 7.61. The zero-order valence-corrected chi connectivity index (χ0v) is 14.5. The highest BCUT2D eigenvalue weighted by Gasteiger charge is 2.36. The van der Waals surface area contributed by atoms with Crippen LogP contribution in [0.5, 0.6) is 0 Å². The molecule has 0 unspecified atom stereocenters. The maximum Gasteiger partial charge on any atom is 0.250 e. The minimum Gasteiger partial charge on any atom is -0.393 e. The van der Waals surface area contributed by atoms with Gasteiger partial charge in [-0.05, 0) is 49.9 Å². The van der Waals surface area contributed by atoms with Gasteiger partial charge in [-0.15, -0.1) is 11.3 Å². The topological polar surface area (TPSA) is 79.3 Å². The summed E-state index contributed by atoms with van der Waals surface area (Å²) in [6.07, 6.45) is 3.17. The third-order valence-corrected chi connectivity index (χ3v) is 7.14. The Morgan fingerprint density at radius 2 is 2.13 bits per heavy atom. The third kappa shape index (κ3) is 3.98. The van der Waals surface area contributed by atoms with E-state index >= 15 is 0 Å². The summed E-state index contributed by atoms with van der Waals surface area (Å²) in [5, 5.41) is 9.56. The van der Waals surface area contributed by atoms with E-state index in [1.807, 2.05) is 25.1 Å². The fourth-order valence-electron chi connectivity index (χ4n) is 2.82. The minimum atomic E-state index is -3.54. The zero-order chi connectivity index (χ0) is 16.4. The third-order valence-electron chi connectivity index (χ3n) is 4.16. The van der Waals surface area contributed by atoms with Gasteiger partial charge in [0.2, 0.25) is 10.0 Å². The van der Waals surface area contributed by atoms with E-state index in [-0.39, 0.29) is 18.1 Å². The van der Waals surface area contributed by atoms with Crippen molar-refractivity contribution in [2.24, 2.45) is 5.92 Å². The molecule has 2 aromatic heterocycles. The number of pyridine rings is 1. The van der Waals surface area contributed by atoms with E-state index < -0.39 is 10.0 Å². The van der Waals surface area contributed by atoms with E-state index in [0.29, 0.717) is 23.5 Å². The van der Waals surface area contributed by atoms with Gasteiger partial charge in [0.15, 0.2) is 0 Å². The zero-order valence-electron chi connectivity index (χ0n) is 12.8. The number of nitrogens with one attached hydrogen (secondary N) is 1. The van der Waals surface area contributed by atoms with E-state index in [2.05, 4.69) is 9.71 Å². The van der Waals surface area contributed by atoms with Crippen LogP contribution in [0.15, 0.2) is 40.7 Å². The smallest absolute Gasteiger partial charge is 0.250 e. The highest BCUT2D eigenvalue weighted by molar-refractivity contribution is 7.91.